The molecule has 0 saturated heterocycles. The highest BCUT2D eigenvalue weighted by molar-refractivity contribution is 5.89. The van der Waals surface area contributed by atoms with E-state index in [1.165, 1.54) is 4.90 Å². The number of amides is 2. The number of carbonyl (C=O) groups is 2. The predicted octanol–water partition coefficient (Wildman–Crippen LogP) is 1.54. The van der Waals surface area contributed by atoms with Crippen LogP contribution in [-0.2, 0) is 16.1 Å². The van der Waals surface area contributed by atoms with Gasteiger partial charge in [-0.05, 0) is 25.5 Å². The molecule has 2 rings (SSSR count). The fourth-order valence-corrected chi connectivity index (χ4v) is 2.45. The summed E-state index contributed by atoms with van der Waals surface area (Å²) in [4.78, 5) is 25.3. The van der Waals surface area contributed by atoms with E-state index in [0.29, 0.717) is 0 Å². The molecule has 0 spiro atoms. The van der Waals surface area contributed by atoms with Crippen LogP contribution < -0.4 is 5.32 Å². The van der Waals surface area contributed by atoms with Crippen LogP contribution in [0.25, 0.3) is 10.9 Å². The number of nitrogens with one attached hydrogen (secondary N) is 1. The van der Waals surface area contributed by atoms with Crippen molar-refractivity contribution in [2.75, 3.05) is 14.1 Å². The van der Waals surface area contributed by atoms with Crippen LogP contribution in [0.4, 0.5) is 0 Å². The molecule has 0 saturated carbocycles. The number of aromatic nitrogens is 1. The fourth-order valence-electron chi connectivity index (χ4n) is 2.45. The van der Waals surface area contributed by atoms with Gasteiger partial charge in [-0.25, -0.2) is 0 Å². The molecule has 21 heavy (non-hydrogen) atoms. The maximum Gasteiger partial charge on any atom is 0.244 e. The van der Waals surface area contributed by atoms with Gasteiger partial charge in [0.05, 0.1) is 0 Å². The summed E-state index contributed by atoms with van der Waals surface area (Å²) in [6.45, 7) is 3.92. The average molecular weight is 287 g/mol. The van der Waals surface area contributed by atoms with Crippen LogP contribution in [0, 0.1) is 6.92 Å². The van der Waals surface area contributed by atoms with E-state index < -0.39 is 6.04 Å². The van der Waals surface area contributed by atoms with E-state index in [-0.39, 0.29) is 18.4 Å². The molecule has 1 N–H and O–H groups in total. The maximum absolute atomic E-state index is 12.1. The Labute approximate surface area is 124 Å². The molecular weight excluding hydrogens is 266 g/mol. The fraction of sp³-hybridized carbons (Fsp3) is 0.375. The minimum absolute atomic E-state index is 0.114. The Bertz CT molecular complexity index is 673. The van der Waals surface area contributed by atoms with Gasteiger partial charge >= 0.3 is 0 Å². The Kier molecular flexibility index (Phi) is 4.31. The topological polar surface area (TPSA) is 54.3 Å². The predicted molar refractivity (Wildman–Crippen MR) is 83.0 cm³/mol. The number of hydrogen-bond acceptors (Lipinski definition) is 2. The lowest BCUT2D eigenvalue weighted by molar-refractivity contribution is -0.134. The molecule has 2 aromatic rings. The number of hydrogen-bond donors (Lipinski definition) is 1. The first-order valence-electron chi connectivity index (χ1n) is 6.95. The number of para-hydroxylation sites is 1. The van der Waals surface area contributed by atoms with Crippen LogP contribution in [0.3, 0.4) is 0 Å². The Balaban J connectivity index is 2.10. The molecule has 0 bridgehead atoms. The van der Waals surface area contributed by atoms with Gasteiger partial charge in [-0.1, -0.05) is 18.2 Å². The Morgan fingerprint density at radius 1 is 1.29 bits per heavy atom. The average Bonchev–Trinajstić information content (AvgIpc) is 2.75. The van der Waals surface area contributed by atoms with Gasteiger partial charge in [0.15, 0.2) is 0 Å². The number of likely N-dealkylation sites (N-methyl/N-ethyl adjacent to an activating group) is 1. The van der Waals surface area contributed by atoms with Crippen molar-refractivity contribution >= 4 is 22.7 Å². The lowest BCUT2D eigenvalue weighted by Gasteiger charge is -2.18. The molecule has 5 heteroatoms. The first-order valence-corrected chi connectivity index (χ1v) is 6.95. The number of benzene rings is 1. The minimum atomic E-state index is -0.518. The van der Waals surface area contributed by atoms with Gasteiger partial charge in [0.2, 0.25) is 11.8 Å². The van der Waals surface area contributed by atoms with E-state index in [0.717, 1.165) is 16.5 Å². The number of rotatable bonds is 4. The summed E-state index contributed by atoms with van der Waals surface area (Å²) in [5, 5.41) is 3.87. The Hall–Kier alpha value is -2.30. The van der Waals surface area contributed by atoms with E-state index in [9.17, 15) is 9.59 Å². The molecule has 1 atom stereocenters. The second-order valence-corrected chi connectivity index (χ2v) is 5.48. The molecule has 0 aliphatic carbocycles. The highest BCUT2D eigenvalue weighted by atomic mass is 16.2. The monoisotopic (exact) mass is 287 g/mol. The van der Waals surface area contributed by atoms with E-state index in [1.54, 1.807) is 21.0 Å². The number of nitrogens with zero attached hydrogens (tertiary/aromatic N) is 2. The maximum atomic E-state index is 12.1. The van der Waals surface area contributed by atoms with E-state index in [4.69, 9.17) is 0 Å². The van der Waals surface area contributed by atoms with E-state index in [1.807, 2.05) is 42.0 Å². The Morgan fingerprint density at radius 3 is 2.62 bits per heavy atom. The second-order valence-electron chi connectivity index (χ2n) is 5.48. The summed E-state index contributed by atoms with van der Waals surface area (Å²) >= 11 is 0. The number of fused-ring (bicyclic) bond motifs is 1. The first kappa shape index (κ1) is 15.1. The van der Waals surface area contributed by atoms with Crippen molar-refractivity contribution in [3.63, 3.8) is 0 Å². The molecule has 0 aliphatic heterocycles. The molecule has 0 aliphatic rings. The highest BCUT2D eigenvalue weighted by Gasteiger charge is 2.17. The van der Waals surface area contributed by atoms with Gasteiger partial charge in [-0.2, -0.15) is 0 Å². The van der Waals surface area contributed by atoms with Crippen LogP contribution in [0.15, 0.2) is 30.5 Å². The van der Waals surface area contributed by atoms with Gasteiger partial charge in [-0.15, -0.1) is 0 Å². The highest BCUT2D eigenvalue weighted by Crippen LogP contribution is 2.20. The SMILES string of the molecule is Cc1cn(CC(=O)N[C@@H](C)C(=O)N(C)C)c2ccccc12. The molecule has 2 amide bonds. The first-order chi connectivity index (χ1) is 9.90. The molecule has 0 radical (unpaired) electrons. The summed E-state index contributed by atoms with van der Waals surface area (Å²) in [5.74, 6) is -0.282. The molecular formula is C16H21N3O2. The summed E-state index contributed by atoms with van der Waals surface area (Å²) < 4.78 is 1.91. The van der Waals surface area contributed by atoms with Gasteiger partial charge in [0.25, 0.3) is 0 Å². The standard InChI is InChI=1S/C16H21N3O2/c1-11-9-19(14-8-6-5-7-13(11)14)10-15(20)17-12(2)16(21)18(3)4/h5-9,12H,10H2,1-4H3,(H,17,20)/t12-/m0/s1. The quantitative estimate of drug-likeness (QED) is 0.927. The molecule has 112 valence electrons. The van der Waals surface area contributed by atoms with Gasteiger partial charge in [0, 0.05) is 31.2 Å². The number of carbonyl (C=O) groups excluding carboxylic acids is 2. The van der Waals surface area contributed by atoms with E-state index >= 15 is 0 Å². The largest absolute Gasteiger partial charge is 0.347 e. The zero-order valence-electron chi connectivity index (χ0n) is 12.9. The van der Waals surface area contributed by atoms with Crippen LogP contribution in [-0.4, -0.2) is 41.4 Å². The normalized spacial score (nSPS) is 12.2. The third kappa shape index (κ3) is 3.24. The van der Waals surface area contributed by atoms with Crippen molar-refractivity contribution in [2.45, 2.75) is 26.4 Å². The Morgan fingerprint density at radius 2 is 1.95 bits per heavy atom. The summed E-state index contributed by atoms with van der Waals surface area (Å²) in [5.41, 5.74) is 2.16. The molecule has 0 fully saturated rings. The van der Waals surface area contributed by atoms with Crippen molar-refractivity contribution in [2.24, 2.45) is 0 Å². The number of aryl methyl sites for hydroxylation is 1. The molecule has 1 aromatic heterocycles. The summed E-state index contributed by atoms with van der Waals surface area (Å²) in [6, 6.07) is 7.45. The van der Waals surface area contributed by atoms with Crippen LogP contribution in [0.1, 0.15) is 12.5 Å². The van der Waals surface area contributed by atoms with Crippen molar-refractivity contribution in [3.05, 3.63) is 36.0 Å². The van der Waals surface area contributed by atoms with Gasteiger partial charge in [-0.3, -0.25) is 9.59 Å². The van der Waals surface area contributed by atoms with Crippen molar-refractivity contribution in [3.8, 4) is 0 Å². The molecule has 0 unspecified atom stereocenters. The zero-order valence-corrected chi connectivity index (χ0v) is 12.9. The molecule has 5 nitrogen and oxygen atoms in total. The smallest absolute Gasteiger partial charge is 0.244 e. The lowest BCUT2D eigenvalue weighted by atomic mass is 10.2. The zero-order chi connectivity index (χ0) is 15.6. The third-order valence-corrected chi connectivity index (χ3v) is 3.49. The van der Waals surface area contributed by atoms with Gasteiger partial charge < -0.3 is 14.8 Å². The third-order valence-electron chi connectivity index (χ3n) is 3.49. The molecule has 1 heterocycles. The van der Waals surface area contributed by atoms with E-state index in [2.05, 4.69) is 5.32 Å². The summed E-state index contributed by atoms with van der Waals surface area (Å²) in [6.07, 6.45) is 1.96. The van der Waals surface area contributed by atoms with Crippen LogP contribution in [0.5, 0.6) is 0 Å². The summed E-state index contributed by atoms with van der Waals surface area (Å²) in [7, 11) is 3.35. The molecule has 1 aromatic carbocycles. The van der Waals surface area contributed by atoms with Crippen molar-refractivity contribution in [1.82, 2.24) is 14.8 Å². The lowest BCUT2D eigenvalue weighted by Crippen LogP contribution is -2.45. The van der Waals surface area contributed by atoms with Crippen molar-refractivity contribution < 1.29 is 9.59 Å². The van der Waals surface area contributed by atoms with Crippen LogP contribution >= 0.6 is 0 Å². The second kappa shape index (κ2) is 5.99. The van der Waals surface area contributed by atoms with Crippen LogP contribution in [0.2, 0.25) is 0 Å². The van der Waals surface area contributed by atoms with Crippen molar-refractivity contribution in [1.29, 1.82) is 0 Å². The van der Waals surface area contributed by atoms with Gasteiger partial charge in [0.1, 0.15) is 12.6 Å². The minimum Gasteiger partial charge on any atom is -0.347 e.